The number of hydrogen-bond donors (Lipinski definition) is 0. The Morgan fingerprint density at radius 3 is 2.79 bits per heavy atom. The Morgan fingerprint density at radius 2 is 1.96 bits per heavy atom. The largest absolute Gasteiger partial charge is 0.497 e. The van der Waals surface area contributed by atoms with Gasteiger partial charge in [0.2, 0.25) is 0 Å². The molecule has 0 spiro atoms. The third-order valence-corrected chi connectivity index (χ3v) is 5.67. The second-order valence-corrected chi connectivity index (χ2v) is 7.79. The molecule has 0 bridgehead atoms. The summed E-state index contributed by atoms with van der Waals surface area (Å²) in [5, 5.41) is 0. The highest BCUT2D eigenvalue weighted by atomic mass is 16.5. The summed E-state index contributed by atoms with van der Waals surface area (Å²) >= 11 is 0. The van der Waals surface area contributed by atoms with Gasteiger partial charge in [-0.1, -0.05) is 42.5 Å². The van der Waals surface area contributed by atoms with E-state index < -0.39 is 0 Å². The van der Waals surface area contributed by atoms with Crippen LogP contribution in [0.2, 0.25) is 0 Å². The molecular formula is C24H29N3O. The van der Waals surface area contributed by atoms with Crippen molar-refractivity contribution < 1.29 is 4.74 Å². The van der Waals surface area contributed by atoms with Gasteiger partial charge in [0, 0.05) is 37.1 Å². The molecule has 0 aliphatic carbocycles. The van der Waals surface area contributed by atoms with Crippen LogP contribution in [-0.2, 0) is 13.1 Å². The summed E-state index contributed by atoms with van der Waals surface area (Å²) in [6, 6.07) is 19.0. The van der Waals surface area contributed by atoms with Crippen LogP contribution in [0, 0.1) is 12.8 Å². The quantitative estimate of drug-likeness (QED) is 0.621. The summed E-state index contributed by atoms with van der Waals surface area (Å²) < 4.78 is 7.77. The van der Waals surface area contributed by atoms with Crippen LogP contribution >= 0.6 is 0 Å². The van der Waals surface area contributed by atoms with Gasteiger partial charge in [-0.25, -0.2) is 4.98 Å². The number of ether oxygens (including phenoxy) is 1. The van der Waals surface area contributed by atoms with Crippen LogP contribution in [-0.4, -0.2) is 34.7 Å². The zero-order chi connectivity index (χ0) is 19.3. The van der Waals surface area contributed by atoms with Crippen LogP contribution in [0.3, 0.4) is 0 Å². The Labute approximate surface area is 167 Å². The lowest BCUT2D eigenvalue weighted by Gasteiger charge is -2.33. The molecule has 1 aliphatic rings. The second kappa shape index (κ2) is 8.61. The first kappa shape index (κ1) is 18.8. The van der Waals surface area contributed by atoms with Gasteiger partial charge in [-0.3, -0.25) is 4.90 Å². The number of aromatic nitrogens is 2. The third kappa shape index (κ3) is 4.28. The average molecular weight is 376 g/mol. The lowest BCUT2D eigenvalue weighted by molar-refractivity contribution is 0.156. The molecule has 1 unspecified atom stereocenters. The summed E-state index contributed by atoms with van der Waals surface area (Å²) in [6.45, 7) is 6.48. The Hall–Kier alpha value is -2.59. The minimum atomic E-state index is 0.648. The van der Waals surface area contributed by atoms with Crippen molar-refractivity contribution >= 4 is 0 Å². The first-order valence-corrected chi connectivity index (χ1v) is 10.2. The molecule has 0 amide bonds. The maximum Gasteiger partial charge on any atom is 0.140 e. The van der Waals surface area contributed by atoms with Gasteiger partial charge >= 0.3 is 0 Å². The van der Waals surface area contributed by atoms with Gasteiger partial charge in [-0.2, -0.15) is 0 Å². The predicted octanol–water partition coefficient (Wildman–Crippen LogP) is 4.78. The zero-order valence-corrected chi connectivity index (χ0v) is 16.8. The molecule has 2 aromatic carbocycles. The number of rotatable bonds is 6. The van der Waals surface area contributed by atoms with Gasteiger partial charge in [0.25, 0.3) is 0 Å². The lowest BCUT2D eigenvalue weighted by atomic mass is 9.97. The normalized spacial score (nSPS) is 17.6. The molecule has 1 aromatic heterocycles. The number of piperidine rings is 1. The van der Waals surface area contributed by atoms with E-state index in [2.05, 4.69) is 64.9 Å². The lowest BCUT2D eigenvalue weighted by Crippen LogP contribution is -2.36. The van der Waals surface area contributed by atoms with Crippen molar-refractivity contribution in [3.63, 3.8) is 0 Å². The van der Waals surface area contributed by atoms with Crippen molar-refractivity contribution in [2.45, 2.75) is 32.9 Å². The van der Waals surface area contributed by atoms with Crippen molar-refractivity contribution in [2.24, 2.45) is 5.92 Å². The smallest absolute Gasteiger partial charge is 0.140 e. The molecule has 0 radical (unpaired) electrons. The number of benzene rings is 2. The second-order valence-electron chi connectivity index (χ2n) is 7.79. The van der Waals surface area contributed by atoms with E-state index >= 15 is 0 Å². The molecule has 3 aromatic rings. The number of methoxy groups -OCH3 is 1. The highest BCUT2D eigenvalue weighted by Gasteiger charge is 2.22. The fraction of sp³-hybridized carbons (Fsp3) is 0.375. The third-order valence-electron chi connectivity index (χ3n) is 5.67. The molecule has 1 atom stereocenters. The van der Waals surface area contributed by atoms with Crippen LogP contribution in [0.4, 0.5) is 0 Å². The van der Waals surface area contributed by atoms with E-state index in [1.165, 1.54) is 36.2 Å². The van der Waals surface area contributed by atoms with Gasteiger partial charge in [0.15, 0.2) is 0 Å². The van der Waals surface area contributed by atoms with Crippen LogP contribution in [0.5, 0.6) is 5.75 Å². The Morgan fingerprint density at radius 1 is 1.11 bits per heavy atom. The number of aryl methyl sites for hydroxylation is 1. The Bertz CT molecular complexity index is 903. The molecule has 1 fully saturated rings. The van der Waals surface area contributed by atoms with E-state index in [4.69, 9.17) is 9.72 Å². The van der Waals surface area contributed by atoms with Crippen molar-refractivity contribution in [1.29, 1.82) is 0 Å². The standard InChI is InChI=1S/C24H29N3O/c1-19-15-25-24(22-10-4-3-5-11-22)27(19)18-21-9-7-13-26(17-21)16-20-8-6-12-23(14-20)28-2/h3-6,8,10-12,14-15,21H,7,9,13,16-18H2,1-2H3. The molecule has 4 rings (SSSR count). The molecule has 146 valence electrons. The first-order chi connectivity index (χ1) is 13.7. The van der Waals surface area contributed by atoms with E-state index in [1.54, 1.807) is 7.11 Å². The number of likely N-dealkylation sites (tertiary alicyclic amines) is 1. The SMILES string of the molecule is COc1cccc(CN2CCCC(Cn3c(C)cnc3-c3ccccc3)C2)c1. The van der Waals surface area contributed by atoms with E-state index in [0.717, 1.165) is 31.2 Å². The Balaban J connectivity index is 1.45. The maximum absolute atomic E-state index is 5.37. The zero-order valence-electron chi connectivity index (χ0n) is 16.8. The summed E-state index contributed by atoms with van der Waals surface area (Å²) in [5.41, 5.74) is 3.76. The van der Waals surface area contributed by atoms with Crippen molar-refractivity contribution in [2.75, 3.05) is 20.2 Å². The van der Waals surface area contributed by atoms with E-state index in [1.807, 2.05) is 12.3 Å². The van der Waals surface area contributed by atoms with E-state index in [0.29, 0.717) is 5.92 Å². The fourth-order valence-electron chi connectivity index (χ4n) is 4.24. The molecule has 1 aliphatic heterocycles. The number of nitrogens with zero attached hydrogens (tertiary/aromatic N) is 3. The number of imidazole rings is 1. The molecule has 2 heterocycles. The molecule has 4 heteroatoms. The average Bonchev–Trinajstić information content (AvgIpc) is 3.09. The summed E-state index contributed by atoms with van der Waals surface area (Å²) in [7, 11) is 1.73. The minimum Gasteiger partial charge on any atom is -0.497 e. The summed E-state index contributed by atoms with van der Waals surface area (Å²) in [6.07, 6.45) is 4.53. The highest BCUT2D eigenvalue weighted by Crippen LogP contribution is 2.25. The van der Waals surface area contributed by atoms with Crippen LogP contribution < -0.4 is 4.74 Å². The minimum absolute atomic E-state index is 0.648. The number of hydrogen-bond acceptors (Lipinski definition) is 3. The molecule has 0 saturated carbocycles. The van der Waals surface area contributed by atoms with Crippen LogP contribution in [0.1, 0.15) is 24.1 Å². The maximum atomic E-state index is 5.37. The van der Waals surface area contributed by atoms with Crippen LogP contribution in [0.15, 0.2) is 60.8 Å². The van der Waals surface area contributed by atoms with Crippen molar-refractivity contribution in [1.82, 2.24) is 14.5 Å². The topological polar surface area (TPSA) is 30.3 Å². The molecular weight excluding hydrogens is 346 g/mol. The van der Waals surface area contributed by atoms with Crippen LogP contribution in [0.25, 0.3) is 11.4 Å². The summed E-state index contributed by atoms with van der Waals surface area (Å²) in [5.74, 6) is 2.67. The molecule has 28 heavy (non-hydrogen) atoms. The van der Waals surface area contributed by atoms with Gasteiger partial charge in [-0.05, 0) is 49.9 Å². The van der Waals surface area contributed by atoms with E-state index in [9.17, 15) is 0 Å². The van der Waals surface area contributed by atoms with Crippen molar-refractivity contribution in [3.05, 3.63) is 72.1 Å². The molecule has 1 saturated heterocycles. The van der Waals surface area contributed by atoms with Gasteiger partial charge < -0.3 is 9.30 Å². The van der Waals surface area contributed by atoms with E-state index in [-0.39, 0.29) is 0 Å². The van der Waals surface area contributed by atoms with Gasteiger partial charge in [0.05, 0.1) is 7.11 Å². The molecule has 0 N–H and O–H groups in total. The molecule has 4 nitrogen and oxygen atoms in total. The monoisotopic (exact) mass is 375 g/mol. The Kier molecular flexibility index (Phi) is 5.77. The highest BCUT2D eigenvalue weighted by molar-refractivity contribution is 5.55. The summed E-state index contributed by atoms with van der Waals surface area (Å²) in [4.78, 5) is 7.27. The fourth-order valence-corrected chi connectivity index (χ4v) is 4.24. The predicted molar refractivity (Wildman–Crippen MR) is 113 cm³/mol. The van der Waals surface area contributed by atoms with Gasteiger partial charge in [-0.15, -0.1) is 0 Å². The first-order valence-electron chi connectivity index (χ1n) is 10.2. The van der Waals surface area contributed by atoms with Gasteiger partial charge in [0.1, 0.15) is 11.6 Å². The van der Waals surface area contributed by atoms with Crippen molar-refractivity contribution in [3.8, 4) is 17.1 Å².